The third-order valence-electron chi connectivity index (χ3n) is 3.53. The Balaban J connectivity index is 1.98. The van der Waals surface area contributed by atoms with Crippen molar-refractivity contribution in [3.8, 4) is 0 Å². The molecular weight excluding hydrogens is 240 g/mol. The molecule has 19 heavy (non-hydrogen) atoms. The summed E-state index contributed by atoms with van der Waals surface area (Å²) in [7, 11) is 0. The summed E-state index contributed by atoms with van der Waals surface area (Å²) in [6.45, 7) is 7.22. The highest BCUT2D eigenvalue weighted by Gasteiger charge is 2.31. The molecule has 1 atom stereocenters. The summed E-state index contributed by atoms with van der Waals surface area (Å²) in [5, 5.41) is 6.11. The van der Waals surface area contributed by atoms with Crippen LogP contribution in [0.4, 0.5) is 5.82 Å². The second-order valence-electron chi connectivity index (χ2n) is 5.90. The highest BCUT2D eigenvalue weighted by Crippen LogP contribution is 2.36. The number of amides is 1. The van der Waals surface area contributed by atoms with Gasteiger partial charge in [-0.05, 0) is 31.6 Å². The zero-order valence-electron chi connectivity index (χ0n) is 11.9. The summed E-state index contributed by atoms with van der Waals surface area (Å²) in [5.41, 5.74) is 0.707. The van der Waals surface area contributed by atoms with Gasteiger partial charge in [0.2, 0.25) is 0 Å². The molecule has 0 radical (unpaired) electrons. The molecule has 2 N–H and O–H groups in total. The van der Waals surface area contributed by atoms with Crippen molar-refractivity contribution in [2.45, 2.75) is 46.1 Å². The van der Waals surface area contributed by atoms with Crippen LogP contribution in [0.2, 0.25) is 0 Å². The van der Waals surface area contributed by atoms with Crippen molar-refractivity contribution >= 4 is 11.7 Å². The third kappa shape index (κ3) is 3.66. The average molecular weight is 262 g/mol. The Labute approximate surface area is 114 Å². The van der Waals surface area contributed by atoms with E-state index in [2.05, 4.69) is 34.4 Å². The maximum absolute atomic E-state index is 12.1. The summed E-state index contributed by atoms with van der Waals surface area (Å²) >= 11 is 0. The number of hydrogen-bond donors (Lipinski definition) is 2. The molecule has 0 aromatic carbocycles. The summed E-state index contributed by atoms with van der Waals surface area (Å²) < 4.78 is 0. The van der Waals surface area contributed by atoms with Gasteiger partial charge in [-0.15, -0.1) is 0 Å². The van der Waals surface area contributed by atoms with Gasteiger partial charge in [0.05, 0.1) is 12.4 Å². The molecule has 1 amide bonds. The van der Waals surface area contributed by atoms with Crippen LogP contribution in [-0.4, -0.2) is 28.5 Å². The van der Waals surface area contributed by atoms with Gasteiger partial charge in [-0.1, -0.05) is 13.8 Å². The predicted octanol–water partition coefficient (Wildman–Crippen LogP) is 2.22. The van der Waals surface area contributed by atoms with Crippen LogP contribution in [-0.2, 0) is 0 Å². The van der Waals surface area contributed by atoms with E-state index in [1.54, 1.807) is 6.20 Å². The fraction of sp³-hybridized carbons (Fsp3) is 0.643. The van der Waals surface area contributed by atoms with Crippen LogP contribution in [0.1, 0.15) is 50.5 Å². The Hall–Kier alpha value is -1.65. The Kier molecular flexibility index (Phi) is 4.02. The smallest absolute Gasteiger partial charge is 0.271 e. The second kappa shape index (κ2) is 5.55. The van der Waals surface area contributed by atoms with Crippen LogP contribution in [0.25, 0.3) is 0 Å². The Morgan fingerprint density at radius 3 is 2.89 bits per heavy atom. The lowest BCUT2D eigenvalue weighted by atomic mass is 9.92. The summed E-state index contributed by atoms with van der Waals surface area (Å²) in [6.07, 6.45) is 6.36. The van der Waals surface area contributed by atoms with Crippen LogP contribution in [0.5, 0.6) is 0 Å². The molecule has 1 aliphatic rings. The average Bonchev–Trinajstić information content (AvgIpc) is 2.69. The normalized spacial score (nSPS) is 21.1. The van der Waals surface area contributed by atoms with E-state index in [9.17, 15) is 4.79 Å². The van der Waals surface area contributed by atoms with Gasteiger partial charge in [-0.3, -0.25) is 9.78 Å². The van der Waals surface area contributed by atoms with Gasteiger partial charge in [-0.2, -0.15) is 0 Å². The maximum atomic E-state index is 12.1. The van der Waals surface area contributed by atoms with Gasteiger partial charge in [0.25, 0.3) is 5.91 Å². The molecule has 104 valence electrons. The van der Waals surface area contributed by atoms with Gasteiger partial charge in [0.1, 0.15) is 11.5 Å². The molecule has 1 aromatic rings. The van der Waals surface area contributed by atoms with Crippen molar-refractivity contribution in [2.75, 3.05) is 11.9 Å². The van der Waals surface area contributed by atoms with Crippen molar-refractivity contribution < 1.29 is 4.79 Å². The number of nitrogens with zero attached hydrogens (tertiary/aromatic N) is 2. The molecular formula is C14H22N4O. The lowest BCUT2D eigenvalue weighted by molar-refractivity contribution is 0.0930. The van der Waals surface area contributed by atoms with E-state index in [-0.39, 0.29) is 11.9 Å². The van der Waals surface area contributed by atoms with Gasteiger partial charge >= 0.3 is 0 Å². The third-order valence-corrected chi connectivity index (χ3v) is 3.53. The SMILES string of the molecule is CCNc1cncc(C(=O)NC2CCC(C)(C)C2)n1. The van der Waals surface area contributed by atoms with Crippen molar-refractivity contribution in [3.63, 3.8) is 0 Å². The minimum Gasteiger partial charge on any atom is -0.369 e. The number of carbonyl (C=O) groups excluding carboxylic acids is 1. The van der Waals surface area contributed by atoms with Crippen molar-refractivity contribution in [3.05, 3.63) is 18.1 Å². The molecule has 5 heteroatoms. The molecule has 1 heterocycles. The van der Waals surface area contributed by atoms with E-state index in [0.717, 1.165) is 25.8 Å². The van der Waals surface area contributed by atoms with Crippen LogP contribution < -0.4 is 10.6 Å². The molecule has 1 aliphatic carbocycles. The first-order valence-electron chi connectivity index (χ1n) is 6.87. The van der Waals surface area contributed by atoms with Crippen molar-refractivity contribution in [1.29, 1.82) is 0 Å². The molecule has 0 aliphatic heterocycles. The van der Waals surface area contributed by atoms with Crippen LogP contribution in [0, 0.1) is 5.41 Å². The number of hydrogen-bond acceptors (Lipinski definition) is 4. The first-order valence-corrected chi connectivity index (χ1v) is 6.87. The largest absolute Gasteiger partial charge is 0.369 e. The summed E-state index contributed by atoms with van der Waals surface area (Å²) in [6, 6.07) is 0.257. The monoisotopic (exact) mass is 262 g/mol. The van der Waals surface area contributed by atoms with E-state index in [1.165, 1.54) is 6.20 Å². The first-order chi connectivity index (χ1) is 9.00. The maximum Gasteiger partial charge on any atom is 0.271 e. The van der Waals surface area contributed by atoms with E-state index < -0.39 is 0 Å². The molecule has 1 fully saturated rings. The molecule has 2 rings (SSSR count). The lowest BCUT2D eigenvalue weighted by Gasteiger charge is -2.17. The number of rotatable bonds is 4. The quantitative estimate of drug-likeness (QED) is 0.873. The Morgan fingerprint density at radius 2 is 2.26 bits per heavy atom. The minimum absolute atomic E-state index is 0.130. The van der Waals surface area contributed by atoms with Crippen LogP contribution in [0.15, 0.2) is 12.4 Å². The second-order valence-corrected chi connectivity index (χ2v) is 5.90. The Morgan fingerprint density at radius 1 is 1.47 bits per heavy atom. The van der Waals surface area contributed by atoms with E-state index >= 15 is 0 Å². The van der Waals surface area contributed by atoms with E-state index in [1.807, 2.05) is 6.92 Å². The first kappa shape index (κ1) is 13.8. The van der Waals surface area contributed by atoms with Crippen molar-refractivity contribution in [1.82, 2.24) is 15.3 Å². The van der Waals surface area contributed by atoms with Gasteiger partial charge in [-0.25, -0.2) is 4.98 Å². The van der Waals surface area contributed by atoms with E-state index in [0.29, 0.717) is 16.9 Å². The summed E-state index contributed by atoms with van der Waals surface area (Å²) in [4.78, 5) is 20.4. The number of aromatic nitrogens is 2. The molecule has 1 unspecified atom stereocenters. The Bertz CT molecular complexity index is 459. The fourth-order valence-electron chi connectivity index (χ4n) is 2.56. The molecule has 1 aromatic heterocycles. The van der Waals surface area contributed by atoms with Gasteiger partial charge in [0.15, 0.2) is 0 Å². The van der Waals surface area contributed by atoms with Crippen LogP contribution >= 0.6 is 0 Å². The lowest BCUT2D eigenvalue weighted by Crippen LogP contribution is -2.34. The standard InChI is InChI=1S/C14H22N4O/c1-4-16-12-9-15-8-11(18-12)13(19)17-10-5-6-14(2,3)7-10/h8-10H,4-7H2,1-3H3,(H,16,18)(H,17,19). The molecule has 1 saturated carbocycles. The molecule has 0 spiro atoms. The molecule has 5 nitrogen and oxygen atoms in total. The number of nitrogens with one attached hydrogen (secondary N) is 2. The van der Waals surface area contributed by atoms with Crippen LogP contribution in [0.3, 0.4) is 0 Å². The highest BCUT2D eigenvalue weighted by molar-refractivity contribution is 5.92. The zero-order valence-corrected chi connectivity index (χ0v) is 11.9. The molecule has 0 bridgehead atoms. The minimum atomic E-state index is -0.130. The van der Waals surface area contributed by atoms with E-state index in [4.69, 9.17) is 0 Å². The van der Waals surface area contributed by atoms with Crippen molar-refractivity contribution in [2.24, 2.45) is 5.41 Å². The highest BCUT2D eigenvalue weighted by atomic mass is 16.1. The topological polar surface area (TPSA) is 66.9 Å². The number of carbonyl (C=O) groups is 1. The van der Waals surface area contributed by atoms with Gasteiger partial charge in [0, 0.05) is 12.6 Å². The number of anilines is 1. The fourth-order valence-corrected chi connectivity index (χ4v) is 2.56. The predicted molar refractivity (Wildman–Crippen MR) is 75.1 cm³/mol. The molecule has 0 saturated heterocycles. The van der Waals surface area contributed by atoms with Gasteiger partial charge < -0.3 is 10.6 Å². The zero-order chi connectivity index (χ0) is 13.9. The summed E-state index contributed by atoms with van der Waals surface area (Å²) in [5.74, 6) is 0.511.